The second-order valence-electron chi connectivity index (χ2n) is 7.03. The highest BCUT2D eigenvalue weighted by atomic mass is 32.1. The summed E-state index contributed by atoms with van der Waals surface area (Å²) < 4.78 is 0. The molecule has 1 heterocycles. The fraction of sp³-hybridized carbons (Fsp3) is 0.500. The van der Waals surface area contributed by atoms with Gasteiger partial charge in [-0.15, -0.1) is 11.3 Å². The lowest BCUT2D eigenvalue weighted by Gasteiger charge is -2.39. The minimum absolute atomic E-state index is 0.335. The summed E-state index contributed by atoms with van der Waals surface area (Å²) in [4.78, 5) is 4.82. The fourth-order valence-electron chi connectivity index (χ4n) is 3.35. The minimum atomic E-state index is 0.335. The molecule has 0 radical (unpaired) electrons. The molecule has 2 N–H and O–H groups in total. The molecule has 2 nitrogen and oxygen atoms in total. The van der Waals surface area contributed by atoms with Crippen molar-refractivity contribution in [3.63, 3.8) is 0 Å². The molecule has 0 saturated heterocycles. The maximum Gasteiger partial charge on any atom is 0.0935 e. The van der Waals surface area contributed by atoms with E-state index in [1.54, 1.807) is 11.3 Å². The van der Waals surface area contributed by atoms with Gasteiger partial charge in [0.2, 0.25) is 0 Å². The fourth-order valence-corrected chi connectivity index (χ4v) is 4.25. The van der Waals surface area contributed by atoms with Crippen LogP contribution in [0.1, 0.15) is 38.1 Å². The molecule has 0 amide bonds. The Hall–Kier alpha value is -1.19. The standard InChI is InChI=1S/C18H24N2S/c1-18(2)9-8-15(19)14(11-18)10-17-20-16(12-21-17)13-6-4-3-5-7-13/h3-7,12,14-15H,8-11,19H2,1-2H3. The van der Waals surface area contributed by atoms with E-state index in [0.717, 1.165) is 18.5 Å². The molecular weight excluding hydrogens is 276 g/mol. The average Bonchev–Trinajstić information content (AvgIpc) is 2.92. The van der Waals surface area contributed by atoms with E-state index in [1.807, 2.05) is 6.07 Å². The number of hydrogen-bond donors (Lipinski definition) is 1. The molecule has 112 valence electrons. The van der Waals surface area contributed by atoms with Crippen molar-refractivity contribution in [2.24, 2.45) is 17.1 Å². The molecule has 2 unspecified atom stereocenters. The van der Waals surface area contributed by atoms with Crippen LogP contribution in [0, 0.1) is 11.3 Å². The second-order valence-corrected chi connectivity index (χ2v) is 7.97. The second kappa shape index (κ2) is 5.90. The van der Waals surface area contributed by atoms with Gasteiger partial charge in [-0.3, -0.25) is 0 Å². The van der Waals surface area contributed by atoms with E-state index in [-0.39, 0.29) is 0 Å². The molecule has 3 heteroatoms. The van der Waals surface area contributed by atoms with Gasteiger partial charge in [0, 0.05) is 23.4 Å². The van der Waals surface area contributed by atoms with Crippen LogP contribution in [0.3, 0.4) is 0 Å². The minimum Gasteiger partial charge on any atom is -0.327 e. The number of nitrogens with zero attached hydrogens (tertiary/aromatic N) is 1. The van der Waals surface area contributed by atoms with Gasteiger partial charge < -0.3 is 5.73 Å². The van der Waals surface area contributed by atoms with Gasteiger partial charge in [-0.2, -0.15) is 0 Å². The highest BCUT2D eigenvalue weighted by molar-refractivity contribution is 7.09. The van der Waals surface area contributed by atoms with Crippen molar-refractivity contribution >= 4 is 11.3 Å². The molecule has 1 aliphatic rings. The van der Waals surface area contributed by atoms with Crippen LogP contribution in [0.4, 0.5) is 0 Å². The predicted octanol–water partition coefficient (Wildman–Crippen LogP) is 4.51. The third-order valence-electron chi connectivity index (χ3n) is 4.63. The number of nitrogens with two attached hydrogens (primary N) is 1. The third-order valence-corrected chi connectivity index (χ3v) is 5.50. The van der Waals surface area contributed by atoms with Crippen molar-refractivity contribution in [1.29, 1.82) is 0 Å². The number of rotatable bonds is 3. The zero-order valence-corrected chi connectivity index (χ0v) is 13.7. The molecule has 2 aromatic rings. The Bertz CT molecular complexity index is 588. The van der Waals surface area contributed by atoms with Gasteiger partial charge in [-0.1, -0.05) is 44.2 Å². The molecule has 1 aliphatic carbocycles. The van der Waals surface area contributed by atoms with Gasteiger partial charge in [-0.05, 0) is 30.6 Å². The molecule has 2 atom stereocenters. The lowest BCUT2D eigenvalue weighted by molar-refractivity contribution is 0.157. The Morgan fingerprint density at radius 1 is 1.29 bits per heavy atom. The van der Waals surface area contributed by atoms with E-state index in [1.165, 1.54) is 23.4 Å². The molecular formula is C18H24N2S. The monoisotopic (exact) mass is 300 g/mol. The van der Waals surface area contributed by atoms with Crippen molar-refractivity contribution in [3.05, 3.63) is 40.7 Å². The first-order valence-electron chi connectivity index (χ1n) is 7.79. The molecule has 0 bridgehead atoms. The lowest BCUT2D eigenvalue weighted by Crippen LogP contribution is -2.40. The molecule has 1 aromatic carbocycles. The number of thiazole rings is 1. The highest BCUT2D eigenvalue weighted by Gasteiger charge is 2.33. The van der Waals surface area contributed by atoms with Crippen molar-refractivity contribution in [1.82, 2.24) is 4.98 Å². The molecule has 21 heavy (non-hydrogen) atoms. The number of aromatic nitrogens is 1. The topological polar surface area (TPSA) is 38.9 Å². The highest BCUT2D eigenvalue weighted by Crippen LogP contribution is 2.39. The normalized spacial score (nSPS) is 24.9. The van der Waals surface area contributed by atoms with Crippen molar-refractivity contribution in [2.45, 2.75) is 45.6 Å². The summed E-state index contributed by atoms with van der Waals surface area (Å²) in [5.74, 6) is 0.573. The van der Waals surface area contributed by atoms with Crippen LogP contribution >= 0.6 is 11.3 Å². The lowest BCUT2D eigenvalue weighted by atomic mass is 9.69. The van der Waals surface area contributed by atoms with Gasteiger partial charge in [-0.25, -0.2) is 4.98 Å². The summed E-state index contributed by atoms with van der Waals surface area (Å²) in [7, 11) is 0. The first-order chi connectivity index (χ1) is 10.0. The maximum absolute atomic E-state index is 6.34. The van der Waals surface area contributed by atoms with E-state index in [4.69, 9.17) is 10.7 Å². The summed E-state index contributed by atoms with van der Waals surface area (Å²) in [6.45, 7) is 4.73. The summed E-state index contributed by atoms with van der Waals surface area (Å²) >= 11 is 1.77. The molecule has 1 saturated carbocycles. The zero-order valence-electron chi connectivity index (χ0n) is 12.9. The third kappa shape index (κ3) is 3.53. The van der Waals surface area contributed by atoms with Gasteiger partial charge >= 0.3 is 0 Å². The summed E-state index contributed by atoms with van der Waals surface area (Å²) in [6, 6.07) is 10.7. The van der Waals surface area contributed by atoms with E-state index < -0.39 is 0 Å². The Labute approximate surface area is 131 Å². The van der Waals surface area contributed by atoms with E-state index in [0.29, 0.717) is 17.4 Å². The van der Waals surface area contributed by atoms with Gasteiger partial charge in [0.1, 0.15) is 0 Å². The van der Waals surface area contributed by atoms with E-state index >= 15 is 0 Å². The summed E-state index contributed by atoms with van der Waals surface area (Å²) in [5.41, 5.74) is 9.07. The first-order valence-corrected chi connectivity index (χ1v) is 8.67. The Balaban J connectivity index is 1.72. The van der Waals surface area contributed by atoms with Gasteiger partial charge in [0.05, 0.1) is 10.7 Å². The van der Waals surface area contributed by atoms with Crippen molar-refractivity contribution < 1.29 is 0 Å². The number of benzene rings is 1. The van der Waals surface area contributed by atoms with Crippen LogP contribution in [0.5, 0.6) is 0 Å². The van der Waals surface area contributed by atoms with Crippen LogP contribution in [0.2, 0.25) is 0 Å². The van der Waals surface area contributed by atoms with Crippen LogP contribution < -0.4 is 5.73 Å². The van der Waals surface area contributed by atoms with Gasteiger partial charge in [0.15, 0.2) is 0 Å². The van der Waals surface area contributed by atoms with Crippen molar-refractivity contribution in [3.8, 4) is 11.3 Å². The van der Waals surface area contributed by atoms with Crippen LogP contribution in [0.25, 0.3) is 11.3 Å². The van der Waals surface area contributed by atoms with Crippen molar-refractivity contribution in [2.75, 3.05) is 0 Å². The van der Waals surface area contributed by atoms with Crippen LogP contribution in [-0.4, -0.2) is 11.0 Å². The van der Waals surface area contributed by atoms with Gasteiger partial charge in [0.25, 0.3) is 0 Å². The molecule has 1 fully saturated rings. The smallest absolute Gasteiger partial charge is 0.0935 e. The predicted molar refractivity (Wildman–Crippen MR) is 90.4 cm³/mol. The Morgan fingerprint density at radius 2 is 2.05 bits per heavy atom. The SMILES string of the molecule is CC1(C)CCC(N)C(Cc2nc(-c3ccccc3)cs2)C1. The molecule has 3 rings (SSSR count). The largest absolute Gasteiger partial charge is 0.327 e. The quantitative estimate of drug-likeness (QED) is 0.906. The van der Waals surface area contributed by atoms with Crippen LogP contribution in [0.15, 0.2) is 35.7 Å². The molecule has 0 aliphatic heterocycles. The summed E-state index contributed by atoms with van der Waals surface area (Å²) in [5, 5.41) is 3.40. The Kier molecular flexibility index (Phi) is 4.14. The van der Waals surface area contributed by atoms with Crippen LogP contribution in [-0.2, 0) is 6.42 Å². The van der Waals surface area contributed by atoms with E-state index in [2.05, 4.69) is 43.5 Å². The average molecular weight is 300 g/mol. The number of hydrogen-bond acceptors (Lipinski definition) is 3. The van der Waals surface area contributed by atoms with E-state index in [9.17, 15) is 0 Å². The molecule has 1 aromatic heterocycles. The first kappa shape index (κ1) is 14.7. The zero-order chi connectivity index (χ0) is 14.9. The Morgan fingerprint density at radius 3 is 2.81 bits per heavy atom. The summed E-state index contributed by atoms with van der Waals surface area (Å²) in [6.07, 6.45) is 4.64. The molecule has 0 spiro atoms. The maximum atomic E-state index is 6.34.